The van der Waals surface area contributed by atoms with E-state index in [-0.39, 0.29) is 75.0 Å². The van der Waals surface area contributed by atoms with Crippen molar-refractivity contribution in [1.82, 2.24) is 19.7 Å². The molecule has 0 bridgehead atoms. The number of aromatic nitrogens is 2. The average Bonchev–Trinajstić information content (AvgIpc) is 3.05. The van der Waals surface area contributed by atoms with Crippen LogP contribution in [0, 0.1) is 5.21 Å². The minimum atomic E-state index is -0.960. The number of hydrogen-bond acceptors (Lipinski definition) is 5. The SMILES string of the molecule is CCCCCCN1CC[N+]([O-])(c2nnc(C(C)C)s2)C1=O.[KH]. The summed E-state index contributed by atoms with van der Waals surface area (Å²) in [6, 6.07) is -0.377. The number of rotatable bonds is 7. The Balaban J connectivity index is 0.00000242. The zero-order chi connectivity index (χ0) is 15.5. The molecule has 0 spiro atoms. The normalized spacial score (nSPS) is 21.5. The predicted octanol–water partition coefficient (Wildman–Crippen LogP) is 2.83. The molecule has 22 heavy (non-hydrogen) atoms. The fourth-order valence-electron chi connectivity index (χ4n) is 2.40. The van der Waals surface area contributed by atoms with E-state index in [2.05, 4.69) is 17.1 Å². The molecule has 0 N–H and O–H groups in total. The molecule has 120 valence electrons. The van der Waals surface area contributed by atoms with E-state index in [4.69, 9.17) is 0 Å². The molecule has 8 heteroatoms. The van der Waals surface area contributed by atoms with Crippen molar-refractivity contribution in [3.05, 3.63) is 10.2 Å². The summed E-state index contributed by atoms with van der Waals surface area (Å²) in [4.78, 5) is 14.1. The fraction of sp³-hybridized carbons (Fsp3) is 0.786. The molecule has 1 atom stereocenters. The van der Waals surface area contributed by atoms with Crippen molar-refractivity contribution in [2.75, 3.05) is 19.6 Å². The van der Waals surface area contributed by atoms with Gasteiger partial charge in [0.25, 0.3) is 0 Å². The fourth-order valence-corrected chi connectivity index (χ4v) is 3.30. The van der Waals surface area contributed by atoms with Crippen molar-refractivity contribution < 1.29 is 4.79 Å². The summed E-state index contributed by atoms with van der Waals surface area (Å²) in [5, 5.41) is 21.9. The number of carbonyl (C=O) groups excluding carboxylic acids is 1. The average molecular weight is 353 g/mol. The second kappa shape index (κ2) is 9.17. The summed E-state index contributed by atoms with van der Waals surface area (Å²) in [6.45, 7) is 7.61. The van der Waals surface area contributed by atoms with Crippen molar-refractivity contribution in [1.29, 1.82) is 0 Å². The van der Waals surface area contributed by atoms with E-state index in [1.807, 2.05) is 13.8 Å². The Morgan fingerprint density at radius 2 is 2.05 bits per heavy atom. The number of hydrogen-bond donors (Lipinski definition) is 0. The van der Waals surface area contributed by atoms with Crippen molar-refractivity contribution in [2.45, 2.75) is 52.4 Å². The molecule has 1 unspecified atom stereocenters. The molecule has 1 saturated heterocycles. The maximum atomic E-state index is 12.8. The summed E-state index contributed by atoms with van der Waals surface area (Å²) >= 11 is 1.26. The summed E-state index contributed by atoms with van der Waals surface area (Å²) < 4.78 is -0.960. The predicted molar refractivity (Wildman–Crippen MR) is 92.3 cm³/mol. The van der Waals surface area contributed by atoms with E-state index in [1.54, 1.807) is 4.90 Å². The van der Waals surface area contributed by atoms with Gasteiger partial charge in [-0.15, -0.1) is 5.10 Å². The van der Waals surface area contributed by atoms with Crippen LogP contribution in [0.15, 0.2) is 0 Å². The number of quaternary nitrogens is 1. The van der Waals surface area contributed by atoms with E-state index < -0.39 is 4.65 Å². The van der Waals surface area contributed by atoms with Gasteiger partial charge in [-0.1, -0.05) is 45.1 Å². The van der Waals surface area contributed by atoms with Crippen molar-refractivity contribution in [3.63, 3.8) is 0 Å². The summed E-state index contributed by atoms with van der Waals surface area (Å²) in [5.41, 5.74) is 0. The molecule has 2 amide bonds. The molecule has 0 radical (unpaired) electrons. The third-order valence-electron chi connectivity index (χ3n) is 3.78. The van der Waals surface area contributed by atoms with E-state index in [9.17, 15) is 10.0 Å². The molecule has 0 aliphatic carbocycles. The van der Waals surface area contributed by atoms with Crippen LogP contribution in [0.2, 0.25) is 0 Å². The van der Waals surface area contributed by atoms with Gasteiger partial charge in [-0.25, -0.2) is 9.44 Å². The van der Waals surface area contributed by atoms with Crippen LogP contribution in [-0.4, -0.2) is 92.1 Å². The van der Waals surface area contributed by atoms with Crippen molar-refractivity contribution in [2.24, 2.45) is 0 Å². The van der Waals surface area contributed by atoms with Gasteiger partial charge in [-0.05, 0) is 17.8 Å². The zero-order valence-corrected chi connectivity index (χ0v) is 13.9. The van der Waals surface area contributed by atoms with Gasteiger partial charge in [0.2, 0.25) is 0 Å². The van der Waals surface area contributed by atoms with Gasteiger partial charge in [-0.3, -0.25) is 4.90 Å². The van der Waals surface area contributed by atoms with E-state index in [0.29, 0.717) is 13.1 Å². The van der Waals surface area contributed by atoms with Gasteiger partial charge < -0.3 is 5.21 Å². The Morgan fingerprint density at radius 3 is 2.64 bits per heavy atom. The number of carbonyl (C=O) groups is 1. The number of urea groups is 1. The Bertz CT molecular complexity index is 497. The molecule has 1 aromatic heterocycles. The van der Waals surface area contributed by atoms with Gasteiger partial charge in [0.1, 0.15) is 11.6 Å². The van der Waals surface area contributed by atoms with E-state index in [0.717, 1.165) is 24.3 Å². The standard InChI is InChI=1S/C14H24N4O2S.K.H/c1-4-5-6-7-8-17-9-10-18(20,14(17)19)13-16-15-12(21-13)11(2)3;;/h11H,4-10H2,1-3H3;;. The van der Waals surface area contributed by atoms with Gasteiger partial charge >= 0.3 is 62.5 Å². The number of amides is 2. The monoisotopic (exact) mass is 352 g/mol. The van der Waals surface area contributed by atoms with Gasteiger partial charge in [-0.2, -0.15) is 0 Å². The molecule has 6 nitrogen and oxygen atoms in total. The second-order valence-corrected chi connectivity index (χ2v) is 6.86. The maximum absolute atomic E-state index is 12.8. The van der Waals surface area contributed by atoms with Gasteiger partial charge in [0.05, 0.1) is 6.54 Å². The topological polar surface area (TPSA) is 69.2 Å². The van der Waals surface area contributed by atoms with Crippen molar-refractivity contribution >= 4 is 73.9 Å². The van der Waals surface area contributed by atoms with Crippen LogP contribution in [0.1, 0.15) is 57.4 Å². The van der Waals surface area contributed by atoms with Gasteiger partial charge in [0.15, 0.2) is 0 Å². The first kappa shape index (κ1) is 20.6. The summed E-state index contributed by atoms with van der Waals surface area (Å²) in [5.74, 6) is 0.228. The van der Waals surface area contributed by atoms with Crippen molar-refractivity contribution in [3.8, 4) is 0 Å². The Morgan fingerprint density at radius 1 is 1.32 bits per heavy atom. The Hall–Kier alpha value is 0.586. The summed E-state index contributed by atoms with van der Waals surface area (Å²) in [7, 11) is 0. The first-order chi connectivity index (χ1) is 9.99. The van der Waals surface area contributed by atoms with E-state index >= 15 is 0 Å². The first-order valence-electron chi connectivity index (χ1n) is 7.71. The van der Waals surface area contributed by atoms with Crippen LogP contribution in [0.3, 0.4) is 0 Å². The van der Waals surface area contributed by atoms with E-state index in [1.165, 1.54) is 17.8 Å². The van der Waals surface area contributed by atoms with Gasteiger partial charge in [0, 0.05) is 12.5 Å². The molecule has 2 heterocycles. The third-order valence-corrected chi connectivity index (χ3v) is 5.10. The molecule has 1 aliphatic heterocycles. The molecular formula is C14H25KN4O2S. The molecule has 2 rings (SSSR count). The first-order valence-corrected chi connectivity index (χ1v) is 8.53. The number of nitrogens with zero attached hydrogens (tertiary/aromatic N) is 4. The number of hydroxylamine groups is 2. The molecule has 1 aromatic rings. The minimum absolute atomic E-state index is 0. The second-order valence-electron chi connectivity index (χ2n) is 5.87. The van der Waals surface area contributed by atoms with Crippen LogP contribution in [0.25, 0.3) is 0 Å². The zero-order valence-electron chi connectivity index (χ0n) is 13.0. The molecule has 0 saturated carbocycles. The Kier molecular flexibility index (Phi) is 8.60. The van der Waals surface area contributed by atoms with Crippen LogP contribution in [0.4, 0.5) is 9.93 Å². The molecular weight excluding hydrogens is 327 g/mol. The molecule has 1 fully saturated rings. The van der Waals surface area contributed by atoms with Crippen LogP contribution < -0.4 is 4.65 Å². The molecule has 0 aromatic carbocycles. The van der Waals surface area contributed by atoms with Crippen LogP contribution >= 0.6 is 11.3 Å². The summed E-state index contributed by atoms with van der Waals surface area (Å²) in [6.07, 6.45) is 4.41. The quantitative estimate of drug-likeness (QED) is 0.327. The Labute approximate surface area is 178 Å². The van der Waals surface area contributed by atoms with Crippen LogP contribution in [-0.2, 0) is 0 Å². The number of unbranched alkanes of at least 4 members (excludes halogenated alkanes) is 3. The third kappa shape index (κ3) is 4.57. The molecule has 1 aliphatic rings. The van der Waals surface area contributed by atoms with Crippen LogP contribution in [0.5, 0.6) is 0 Å².